The van der Waals surface area contributed by atoms with Crippen LogP contribution in [0.15, 0.2) is 57.5 Å². The van der Waals surface area contributed by atoms with E-state index < -0.39 is 27.4 Å². The van der Waals surface area contributed by atoms with Crippen LogP contribution in [0.5, 0.6) is 0 Å². The molecule has 0 aliphatic carbocycles. The lowest BCUT2D eigenvalue weighted by atomic mass is 10.2. The number of hydrogen-bond donors (Lipinski definition) is 2. The highest BCUT2D eigenvalue weighted by Crippen LogP contribution is 2.25. The van der Waals surface area contributed by atoms with Gasteiger partial charge in [0.25, 0.3) is 15.6 Å². The Labute approximate surface area is 200 Å². The minimum Gasteiger partial charge on any atom is -0.307 e. The number of aryl methyl sites for hydroxylation is 1. The highest BCUT2D eigenvalue weighted by molar-refractivity contribution is 7.92. The predicted octanol–water partition coefficient (Wildman–Crippen LogP) is 4.71. The molecule has 0 spiro atoms. The van der Waals surface area contributed by atoms with Crippen molar-refractivity contribution in [2.24, 2.45) is 0 Å². The van der Waals surface area contributed by atoms with Crippen LogP contribution < -0.4 is 15.6 Å². The number of anilines is 1. The predicted molar refractivity (Wildman–Crippen MR) is 126 cm³/mol. The maximum Gasteiger partial charge on any atom is 0.333 e. The summed E-state index contributed by atoms with van der Waals surface area (Å²) in [6.07, 6.45) is 0. The van der Waals surface area contributed by atoms with E-state index in [0.717, 1.165) is 22.0 Å². The molecule has 4 rings (SSSR count). The Morgan fingerprint density at radius 2 is 1.88 bits per heavy atom. The van der Waals surface area contributed by atoms with E-state index in [0.29, 0.717) is 10.5 Å². The van der Waals surface area contributed by atoms with E-state index in [2.05, 4.69) is 10.3 Å². The number of sulfonamides is 1. The first-order valence-corrected chi connectivity index (χ1v) is 12.2. The van der Waals surface area contributed by atoms with Gasteiger partial charge in [-0.15, -0.1) is 11.3 Å². The summed E-state index contributed by atoms with van der Waals surface area (Å²) in [6.45, 7) is 1.54. The van der Waals surface area contributed by atoms with Gasteiger partial charge in [0.15, 0.2) is 0 Å². The van der Waals surface area contributed by atoms with E-state index in [1.54, 1.807) is 6.92 Å². The first-order chi connectivity index (χ1) is 15.5. The van der Waals surface area contributed by atoms with Gasteiger partial charge in [0.1, 0.15) is 15.9 Å². The van der Waals surface area contributed by atoms with Crippen LogP contribution in [0.1, 0.15) is 5.82 Å². The highest BCUT2D eigenvalue weighted by Gasteiger charge is 2.20. The van der Waals surface area contributed by atoms with Crippen LogP contribution in [0.4, 0.5) is 14.9 Å². The average molecular weight is 527 g/mol. The molecule has 0 aliphatic heterocycles. The average Bonchev–Trinajstić information content (AvgIpc) is 3.16. The van der Waals surface area contributed by atoms with Crippen LogP contribution in [0.2, 0.25) is 9.36 Å². The monoisotopic (exact) mass is 526 g/mol. The fourth-order valence-corrected chi connectivity index (χ4v) is 5.65. The molecule has 170 valence electrons. The third-order valence-corrected chi connectivity index (χ3v) is 7.78. The van der Waals surface area contributed by atoms with Crippen molar-refractivity contribution in [3.8, 4) is 5.69 Å². The summed E-state index contributed by atoms with van der Waals surface area (Å²) >= 11 is 12.5. The largest absolute Gasteiger partial charge is 0.333 e. The molecule has 2 aromatic carbocycles. The molecule has 2 N–H and O–H groups in total. The Kier molecular flexibility index (Phi) is 6.14. The fraction of sp³-hybridized carbons (Fsp3) is 0.0500. The number of nitrogens with one attached hydrogen (secondary N) is 2. The van der Waals surface area contributed by atoms with Crippen molar-refractivity contribution in [3.05, 3.63) is 79.9 Å². The zero-order valence-corrected chi connectivity index (χ0v) is 19.7. The summed E-state index contributed by atoms with van der Waals surface area (Å²) in [5.74, 6) is -0.603. The van der Waals surface area contributed by atoms with Crippen molar-refractivity contribution in [1.29, 1.82) is 0 Å². The van der Waals surface area contributed by atoms with Crippen molar-refractivity contribution < 1.29 is 17.6 Å². The van der Waals surface area contributed by atoms with Gasteiger partial charge < -0.3 is 5.32 Å². The number of fused-ring (bicyclic) bond motifs is 1. The van der Waals surface area contributed by atoms with Gasteiger partial charge in [0, 0.05) is 10.7 Å². The summed E-state index contributed by atoms with van der Waals surface area (Å²) in [7, 11) is -4.14. The van der Waals surface area contributed by atoms with Crippen LogP contribution in [-0.4, -0.2) is 24.0 Å². The maximum absolute atomic E-state index is 14.9. The molecule has 2 amide bonds. The molecule has 0 radical (unpaired) electrons. The molecule has 0 aliphatic rings. The molecule has 2 aromatic heterocycles. The number of hydrogen-bond acceptors (Lipinski definition) is 6. The Hall–Kier alpha value is -2.99. The van der Waals surface area contributed by atoms with E-state index >= 15 is 0 Å². The molecule has 0 saturated carbocycles. The molecule has 0 atom stereocenters. The minimum absolute atomic E-state index is 0.0283. The smallest absolute Gasteiger partial charge is 0.307 e. The van der Waals surface area contributed by atoms with Crippen LogP contribution >= 0.6 is 34.5 Å². The zero-order valence-electron chi connectivity index (χ0n) is 16.6. The van der Waals surface area contributed by atoms with Crippen LogP contribution in [-0.2, 0) is 10.0 Å². The normalized spacial score (nSPS) is 11.5. The molecular formula is C20H13Cl2FN4O4S2. The van der Waals surface area contributed by atoms with E-state index in [-0.39, 0.29) is 31.1 Å². The van der Waals surface area contributed by atoms with Gasteiger partial charge >= 0.3 is 6.03 Å². The minimum atomic E-state index is -4.14. The first kappa shape index (κ1) is 23.2. The van der Waals surface area contributed by atoms with Crippen LogP contribution in [0.25, 0.3) is 16.6 Å². The third-order valence-electron chi connectivity index (χ3n) is 4.49. The van der Waals surface area contributed by atoms with Gasteiger partial charge in [0.2, 0.25) is 0 Å². The van der Waals surface area contributed by atoms with Crippen molar-refractivity contribution in [2.75, 3.05) is 5.32 Å². The SMILES string of the molecule is Cc1nc2cc(Cl)ccc2c(=O)n1-c1ccc(NC(=O)NS(=O)(=O)c2ccc(Cl)s2)cc1F. The number of carbonyl (C=O) groups is 1. The summed E-state index contributed by atoms with van der Waals surface area (Å²) < 4.78 is 42.3. The molecule has 8 nitrogen and oxygen atoms in total. The Morgan fingerprint density at radius 3 is 2.55 bits per heavy atom. The summed E-state index contributed by atoms with van der Waals surface area (Å²) in [6, 6.07) is 9.67. The van der Waals surface area contributed by atoms with Gasteiger partial charge in [-0.1, -0.05) is 23.2 Å². The maximum atomic E-state index is 14.9. The van der Waals surface area contributed by atoms with Gasteiger partial charge in [-0.25, -0.2) is 27.3 Å². The number of benzene rings is 2. The Morgan fingerprint density at radius 1 is 1.12 bits per heavy atom. The molecule has 13 heteroatoms. The van der Waals surface area contributed by atoms with Crippen LogP contribution in [0.3, 0.4) is 0 Å². The molecule has 0 unspecified atom stereocenters. The molecule has 0 bridgehead atoms. The second-order valence-electron chi connectivity index (χ2n) is 6.75. The number of nitrogens with zero attached hydrogens (tertiary/aromatic N) is 2. The molecule has 2 heterocycles. The lowest BCUT2D eigenvalue weighted by Crippen LogP contribution is -2.34. The van der Waals surface area contributed by atoms with Gasteiger partial charge in [-0.05, 0) is 55.5 Å². The molecular weight excluding hydrogens is 514 g/mol. The first-order valence-electron chi connectivity index (χ1n) is 9.13. The van der Waals surface area contributed by atoms with Gasteiger partial charge in [-0.2, -0.15) is 0 Å². The fourth-order valence-electron chi connectivity index (χ4n) is 3.09. The number of urea groups is 1. The molecule has 0 fully saturated rings. The molecule has 33 heavy (non-hydrogen) atoms. The number of thiophene rings is 1. The lowest BCUT2D eigenvalue weighted by molar-refractivity contribution is 0.256. The van der Waals surface area contributed by atoms with Gasteiger partial charge in [-0.3, -0.25) is 9.36 Å². The van der Waals surface area contributed by atoms with E-state index in [1.165, 1.54) is 42.5 Å². The Bertz CT molecular complexity index is 1580. The number of amides is 2. The highest BCUT2D eigenvalue weighted by atomic mass is 35.5. The van der Waals surface area contributed by atoms with Crippen LogP contribution in [0, 0.1) is 12.7 Å². The molecule has 4 aromatic rings. The summed E-state index contributed by atoms with van der Waals surface area (Å²) in [4.78, 5) is 29.4. The summed E-state index contributed by atoms with van der Waals surface area (Å²) in [5.41, 5.74) is -0.231. The topological polar surface area (TPSA) is 110 Å². The van der Waals surface area contributed by atoms with Gasteiger partial charge in [0.05, 0.1) is 20.9 Å². The number of aromatic nitrogens is 2. The lowest BCUT2D eigenvalue weighted by Gasteiger charge is -2.13. The van der Waals surface area contributed by atoms with Crippen molar-refractivity contribution in [1.82, 2.24) is 14.3 Å². The Balaban J connectivity index is 1.61. The van der Waals surface area contributed by atoms with E-state index in [9.17, 15) is 22.4 Å². The van der Waals surface area contributed by atoms with E-state index in [4.69, 9.17) is 23.2 Å². The second kappa shape index (κ2) is 8.75. The number of carbonyl (C=O) groups excluding carboxylic acids is 1. The number of rotatable bonds is 4. The van der Waals surface area contributed by atoms with Crippen molar-refractivity contribution in [2.45, 2.75) is 11.1 Å². The quantitative estimate of drug-likeness (QED) is 0.400. The van der Waals surface area contributed by atoms with E-state index in [1.807, 2.05) is 4.72 Å². The summed E-state index contributed by atoms with van der Waals surface area (Å²) in [5, 5.41) is 2.91. The zero-order chi connectivity index (χ0) is 23.9. The second-order valence-corrected chi connectivity index (χ2v) is 10.8. The number of halogens is 3. The standard InChI is InChI=1S/C20H13Cl2FN4O4S2/c1-10-24-15-8-11(21)2-4-13(15)19(28)27(10)16-5-3-12(9-14(16)23)25-20(29)26-33(30,31)18-7-6-17(22)32-18/h2-9H,1H3,(H2,25,26,29). The van der Waals surface area contributed by atoms with Crippen molar-refractivity contribution in [3.63, 3.8) is 0 Å². The van der Waals surface area contributed by atoms with Crippen molar-refractivity contribution >= 4 is 67.2 Å². The third kappa shape index (κ3) is 4.71. The molecule has 0 saturated heterocycles.